The van der Waals surface area contributed by atoms with Crippen LogP contribution in [0.4, 0.5) is 0 Å². The maximum Gasteiger partial charge on any atom is 0.247 e. The first-order valence-corrected chi connectivity index (χ1v) is 10.0. The van der Waals surface area contributed by atoms with E-state index in [0.717, 1.165) is 43.9 Å². The predicted octanol–water partition coefficient (Wildman–Crippen LogP) is 4.63. The summed E-state index contributed by atoms with van der Waals surface area (Å²) in [5.41, 5.74) is 4.60. The Morgan fingerprint density at radius 3 is 2.75 bits per heavy atom. The van der Waals surface area contributed by atoms with Gasteiger partial charge in [0, 0.05) is 42.2 Å². The first kappa shape index (κ1) is 18.3. The summed E-state index contributed by atoms with van der Waals surface area (Å²) in [6, 6.07) is 11.3. The first-order chi connectivity index (χ1) is 13.6. The molecule has 1 N–H and O–H groups in total. The van der Waals surface area contributed by atoms with Crippen LogP contribution in [0.1, 0.15) is 24.8 Å². The number of nitrogens with one attached hydrogen (secondary N) is 1. The zero-order valence-corrected chi connectivity index (χ0v) is 16.3. The molecular formula is C22H19N3O2S. The van der Waals surface area contributed by atoms with Crippen molar-refractivity contribution >= 4 is 27.3 Å². The van der Waals surface area contributed by atoms with E-state index in [1.54, 1.807) is 29.8 Å². The first-order valence-electron chi connectivity index (χ1n) is 9.18. The predicted molar refractivity (Wildman–Crippen MR) is 113 cm³/mol. The molecule has 0 bridgehead atoms. The normalized spacial score (nSPS) is 11.0. The molecule has 0 aliphatic carbocycles. The van der Waals surface area contributed by atoms with Gasteiger partial charge in [0.2, 0.25) is 5.56 Å². The van der Waals surface area contributed by atoms with Crippen molar-refractivity contribution in [1.82, 2.24) is 15.0 Å². The van der Waals surface area contributed by atoms with Crippen molar-refractivity contribution in [2.45, 2.75) is 26.2 Å². The highest BCUT2D eigenvalue weighted by Gasteiger charge is 2.15. The Bertz CT molecular complexity index is 1180. The third-order valence-corrected chi connectivity index (χ3v) is 5.61. The molecule has 1 aromatic carbocycles. The van der Waals surface area contributed by atoms with Crippen molar-refractivity contribution in [3.63, 3.8) is 0 Å². The second-order valence-corrected chi connectivity index (χ2v) is 7.71. The second kappa shape index (κ2) is 7.86. The van der Waals surface area contributed by atoms with Crippen LogP contribution in [0.25, 0.3) is 32.5 Å². The molecule has 0 atom stereocenters. The highest BCUT2D eigenvalue weighted by molar-refractivity contribution is 7.19. The fraction of sp³-hybridized carbons (Fsp3) is 0.182. The molecule has 0 amide bonds. The lowest BCUT2D eigenvalue weighted by Gasteiger charge is -2.07. The molecule has 3 heterocycles. The largest absolute Gasteiger partial charge is 0.328 e. The SMILES string of the molecule is CCCC(=O)Cc1nc2cc(-c3ccc(=O)[nH]c3)cc(-c3cccnc3)c2s1. The summed E-state index contributed by atoms with van der Waals surface area (Å²) in [5.74, 6) is 0.213. The number of H-pyrrole nitrogens is 1. The van der Waals surface area contributed by atoms with Crippen LogP contribution >= 0.6 is 11.3 Å². The highest BCUT2D eigenvalue weighted by Crippen LogP contribution is 2.37. The molecule has 0 aliphatic heterocycles. The standard InChI is InChI=1S/C22H19N3O2S/c1-2-4-17(26)11-21-25-19-10-16(14-6-7-20(27)24-13-14)9-18(22(19)28-21)15-5-3-8-23-12-15/h3,5-10,12-13H,2,4,11H2,1H3,(H,24,27). The molecule has 3 aromatic heterocycles. The fourth-order valence-electron chi connectivity index (χ4n) is 3.18. The van der Waals surface area contributed by atoms with Gasteiger partial charge in [0.05, 0.1) is 16.6 Å². The molecular weight excluding hydrogens is 370 g/mol. The Morgan fingerprint density at radius 2 is 2.04 bits per heavy atom. The lowest BCUT2D eigenvalue weighted by Crippen LogP contribution is -2.01. The zero-order chi connectivity index (χ0) is 19.5. The third-order valence-electron chi connectivity index (χ3n) is 4.50. The zero-order valence-electron chi connectivity index (χ0n) is 15.4. The smallest absolute Gasteiger partial charge is 0.247 e. The number of benzene rings is 1. The van der Waals surface area contributed by atoms with E-state index in [1.165, 1.54) is 6.07 Å². The van der Waals surface area contributed by atoms with Crippen LogP contribution < -0.4 is 5.56 Å². The number of carbonyl (C=O) groups excluding carboxylic acids is 1. The Kier molecular flexibility index (Phi) is 5.12. The average molecular weight is 389 g/mol. The molecule has 0 spiro atoms. The number of thiazole rings is 1. The molecule has 0 saturated heterocycles. The average Bonchev–Trinajstić information content (AvgIpc) is 3.10. The van der Waals surface area contributed by atoms with E-state index in [9.17, 15) is 9.59 Å². The Labute approximate surface area is 166 Å². The van der Waals surface area contributed by atoms with Gasteiger partial charge in [-0.2, -0.15) is 0 Å². The van der Waals surface area contributed by atoms with Crippen LogP contribution in [-0.4, -0.2) is 20.7 Å². The number of fused-ring (bicyclic) bond motifs is 1. The van der Waals surface area contributed by atoms with Crippen molar-refractivity contribution in [3.8, 4) is 22.3 Å². The van der Waals surface area contributed by atoms with E-state index in [0.29, 0.717) is 12.8 Å². The topological polar surface area (TPSA) is 75.7 Å². The van der Waals surface area contributed by atoms with Gasteiger partial charge in [0.15, 0.2) is 0 Å². The molecule has 6 heteroatoms. The van der Waals surface area contributed by atoms with Gasteiger partial charge < -0.3 is 4.98 Å². The van der Waals surface area contributed by atoms with Crippen LogP contribution in [0.3, 0.4) is 0 Å². The van der Waals surface area contributed by atoms with Crippen molar-refractivity contribution in [3.05, 3.63) is 70.4 Å². The molecule has 0 unspecified atom stereocenters. The number of nitrogens with zero attached hydrogens (tertiary/aromatic N) is 2. The number of aromatic amines is 1. The van der Waals surface area contributed by atoms with Crippen LogP contribution in [-0.2, 0) is 11.2 Å². The molecule has 0 fully saturated rings. The number of ketones is 1. The quantitative estimate of drug-likeness (QED) is 0.522. The minimum absolute atomic E-state index is 0.136. The Hall–Kier alpha value is -3.12. The van der Waals surface area contributed by atoms with Gasteiger partial charge in [-0.3, -0.25) is 14.6 Å². The van der Waals surface area contributed by atoms with Crippen molar-refractivity contribution in [2.24, 2.45) is 0 Å². The molecule has 0 saturated carbocycles. The summed E-state index contributed by atoms with van der Waals surface area (Å²) in [5, 5.41) is 0.831. The Morgan fingerprint density at radius 1 is 1.14 bits per heavy atom. The van der Waals surface area contributed by atoms with Gasteiger partial charge in [0.25, 0.3) is 0 Å². The molecule has 140 valence electrons. The van der Waals surface area contributed by atoms with E-state index >= 15 is 0 Å². The van der Waals surface area contributed by atoms with E-state index in [2.05, 4.69) is 16.0 Å². The fourth-order valence-corrected chi connectivity index (χ4v) is 4.29. The van der Waals surface area contributed by atoms with Crippen LogP contribution in [0, 0.1) is 0 Å². The number of pyridine rings is 2. The van der Waals surface area contributed by atoms with Gasteiger partial charge in [-0.05, 0) is 41.8 Å². The second-order valence-electron chi connectivity index (χ2n) is 6.63. The number of hydrogen-bond donors (Lipinski definition) is 1. The lowest BCUT2D eigenvalue weighted by atomic mass is 10.0. The number of carbonyl (C=O) groups is 1. The van der Waals surface area contributed by atoms with Gasteiger partial charge in [0.1, 0.15) is 10.8 Å². The minimum Gasteiger partial charge on any atom is -0.328 e. The summed E-state index contributed by atoms with van der Waals surface area (Å²) >= 11 is 1.56. The van der Waals surface area contributed by atoms with Crippen LogP contribution in [0.2, 0.25) is 0 Å². The number of rotatable bonds is 6. The van der Waals surface area contributed by atoms with Gasteiger partial charge in [-0.25, -0.2) is 4.98 Å². The summed E-state index contributed by atoms with van der Waals surface area (Å²) in [6.45, 7) is 2.01. The van der Waals surface area contributed by atoms with Gasteiger partial charge >= 0.3 is 0 Å². The van der Waals surface area contributed by atoms with Crippen LogP contribution in [0.15, 0.2) is 59.8 Å². The summed E-state index contributed by atoms with van der Waals surface area (Å²) < 4.78 is 1.04. The van der Waals surface area contributed by atoms with E-state index in [4.69, 9.17) is 4.98 Å². The van der Waals surface area contributed by atoms with E-state index < -0.39 is 0 Å². The molecule has 4 aromatic rings. The molecule has 4 rings (SSSR count). The number of aromatic nitrogens is 3. The third kappa shape index (κ3) is 3.77. The molecule has 0 radical (unpaired) electrons. The van der Waals surface area contributed by atoms with Crippen molar-refractivity contribution in [1.29, 1.82) is 0 Å². The monoisotopic (exact) mass is 389 g/mol. The minimum atomic E-state index is -0.136. The highest BCUT2D eigenvalue weighted by atomic mass is 32.1. The van der Waals surface area contributed by atoms with Gasteiger partial charge in [-0.1, -0.05) is 13.0 Å². The van der Waals surface area contributed by atoms with Crippen LogP contribution in [0.5, 0.6) is 0 Å². The Balaban J connectivity index is 1.87. The van der Waals surface area contributed by atoms with Crippen molar-refractivity contribution < 1.29 is 4.79 Å². The maximum atomic E-state index is 12.1. The number of hydrogen-bond acceptors (Lipinski definition) is 5. The molecule has 5 nitrogen and oxygen atoms in total. The maximum absolute atomic E-state index is 12.1. The van der Waals surface area contributed by atoms with E-state index in [1.807, 2.05) is 31.3 Å². The molecule has 28 heavy (non-hydrogen) atoms. The molecule has 0 aliphatic rings. The van der Waals surface area contributed by atoms with Crippen molar-refractivity contribution in [2.75, 3.05) is 0 Å². The number of Topliss-reactive ketones (excluding diaryl/α,β-unsaturated/α-hetero) is 1. The summed E-state index contributed by atoms with van der Waals surface area (Å²) in [7, 11) is 0. The van der Waals surface area contributed by atoms with E-state index in [-0.39, 0.29) is 11.3 Å². The lowest BCUT2D eigenvalue weighted by molar-refractivity contribution is -0.118. The summed E-state index contributed by atoms with van der Waals surface area (Å²) in [4.78, 5) is 35.2. The van der Waals surface area contributed by atoms with Gasteiger partial charge in [-0.15, -0.1) is 11.3 Å². The summed E-state index contributed by atoms with van der Waals surface area (Å²) in [6.07, 6.45) is 7.07.